The summed E-state index contributed by atoms with van der Waals surface area (Å²) in [6.45, 7) is 4.75. The van der Waals surface area contributed by atoms with Crippen LogP contribution in [0.25, 0.3) is 11.1 Å². The molecule has 2 heteroatoms. The van der Waals surface area contributed by atoms with Gasteiger partial charge in [-0.05, 0) is 43.1 Å². The van der Waals surface area contributed by atoms with E-state index in [2.05, 4.69) is 60.8 Å². The van der Waals surface area contributed by atoms with E-state index in [1.54, 1.807) is 0 Å². The molecule has 0 aliphatic heterocycles. The Labute approximate surface area is 115 Å². The molecule has 2 rings (SSSR count). The molecule has 2 nitrogen and oxygen atoms in total. The first-order valence-electron chi connectivity index (χ1n) is 6.86. The quantitative estimate of drug-likeness (QED) is 0.777. The number of rotatable bonds is 6. The lowest BCUT2D eigenvalue weighted by atomic mass is 10.0. The zero-order valence-electron chi connectivity index (χ0n) is 11.5. The molecule has 2 aromatic rings. The van der Waals surface area contributed by atoms with Crippen LogP contribution in [0, 0.1) is 6.92 Å². The van der Waals surface area contributed by atoms with Crippen molar-refractivity contribution in [3.63, 3.8) is 0 Å². The number of hydrogen-bond acceptors (Lipinski definition) is 2. The van der Waals surface area contributed by atoms with E-state index in [0.717, 1.165) is 26.1 Å². The first-order valence-corrected chi connectivity index (χ1v) is 6.86. The summed E-state index contributed by atoms with van der Waals surface area (Å²) in [6, 6.07) is 17.4. The maximum atomic E-state index is 5.46. The molecular formula is C17H22N2. The normalized spacial score (nSPS) is 10.6. The summed E-state index contributed by atoms with van der Waals surface area (Å²) < 4.78 is 0. The monoisotopic (exact) mass is 254 g/mol. The molecule has 0 saturated heterocycles. The maximum Gasteiger partial charge on any atom is 0.0205 e. The Bertz CT molecular complexity index is 486. The van der Waals surface area contributed by atoms with Crippen LogP contribution >= 0.6 is 0 Å². The van der Waals surface area contributed by atoms with Crippen molar-refractivity contribution in [3.05, 3.63) is 59.7 Å². The third-order valence-electron chi connectivity index (χ3n) is 3.23. The molecule has 0 atom stereocenters. The first kappa shape index (κ1) is 13.8. The van der Waals surface area contributed by atoms with E-state index >= 15 is 0 Å². The van der Waals surface area contributed by atoms with Crippen molar-refractivity contribution in [1.29, 1.82) is 0 Å². The second-order valence-electron chi connectivity index (χ2n) is 4.88. The minimum atomic E-state index is 0.749. The molecule has 0 aliphatic carbocycles. The molecule has 0 fully saturated rings. The molecule has 100 valence electrons. The van der Waals surface area contributed by atoms with Gasteiger partial charge in [0.15, 0.2) is 0 Å². The SMILES string of the molecule is Cc1ccc(-c2ccc(CNCCCN)cc2)cc1. The van der Waals surface area contributed by atoms with Crippen LogP contribution in [0.2, 0.25) is 0 Å². The third kappa shape index (κ3) is 4.19. The average molecular weight is 254 g/mol. The van der Waals surface area contributed by atoms with Crippen molar-refractivity contribution in [2.75, 3.05) is 13.1 Å². The molecule has 19 heavy (non-hydrogen) atoms. The Kier molecular flexibility index (Phi) is 5.13. The van der Waals surface area contributed by atoms with Crippen molar-refractivity contribution in [2.45, 2.75) is 19.9 Å². The van der Waals surface area contributed by atoms with Gasteiger partial charge in [0.05, 0.1) is 0 Å². The van der Waals surface area contributed by atoms with Crippen LogP contribution in [0.4, 0.5) is 0 Å². The maximum absolute atomic E-state index is 5.46. The Morgan fingerprint density at radius 3 is 2.05 bits per heavy atom. The van der Waals surface area contributed by atoms with Gasteiger partial charge in [-0.15, -0.1) is 0 Å². The average Bonchev–Trinajstić information content (AvgIpc) is 2.45. The van der Waals surface area contributed by atoms with Gasteiger partial charge in [-0.3, -0.25) is 0 Å². The van der Waals surface area contributed by atoms with Crippen molar-refractivity contribution < 1.29 is 0 Å². The zero-order valence-corrected chi connectivity index (χ0v) is 11.5. The Morgan fingerprint density at radius 1 is 0.895 bits per heavy atom. The summed E-state index contributed by atoms with van der Waals surface area (Å²) in [5.74, 6) is 0. The molecule has 0 unspecified atom stereocenters. The van der Waals surface area contributed by atoms with Gasteiger partial charge in [0, 0.05) is 6.54 Å². The first-order chi connectivity index (χ1) is 9.29. The van der Waals surface area contributed by atoms with Crippen LogP contribution in [0.15, 0.2) is 48.5 Å². The van der Waals surface area contributed by atoms with E-state index in [1.807, 2.05) is 0 Å². The van der Waals surface area contributed by atoms with Gasteiger partial charge in [0.1, 0.15) is 0 Å². The Morgan fingerprint density at radius 2 is 1.47 bits per heavy atom. The summed E-state index contributed by atoms with van der Waals surface area (Å²) in [5, 5.41) is 3.39. The van der Waals surface area contributed by atoms with Crippen LogP contribution in [0.3, 0.4) is 0 Å². The second-order valence-corrected chi connectivity index (χ2v) is 4.88. The number of benzene rings is 2. The van der Waals surface area contributed by atoms with Crippen LogP contribution < -0.4 is 11.1 Å². The van der Waals surface area contributed by atoms with E-state index in [9.17, 15) is 0 Å². The molecular weight excluding hydrogens is 232 g/mol. The lowest BCUT2D eigenvalue weighted by Crippen LogP contribution is -2.17. The van der Waals surface area contributed by atoms with Crippen molar-refractivity contribution in [1.82, 2.24) is 5.32 Å². The highest BCUT2D eigenvalue weighted by Gasteiger charge is 1.98. The Balaban J connectivity index is 1.96. The van der Waals surface area contributed by atoms with Gasteiger partial charge in [0.2, 0.25) is 0 Å². The minimum Gasteiger partial charge on any atom is -0.330 e. The summed E-state index contributed by atoms with van der Waals surface area (Å²) >= 11 is 0. The van der Waals surface area contributed by atoms with Crippen molar-refractivity contribution >= 4 is 0 Å². The second kappa shape index (κ2) is 7.07. The highest BCUT2D eigenvalue weighted by atomic mass is 14.8. The topological polar surface area (TPSA) is 38.0 Å². The minimum absolute atomic E-state index is 0.749. The lowest BCUT2D eigenvalue weighted by Gasteiger charge is -2.06. The Hall–Kier alpha value is -1.64. The van der Waals surface area contributed by atoms with E-state index in [0.29, 0.717) is 0 Å². The summed E-state index contributed by atoms with van der Waals surface area (Å²) in [7, 11) is 0. The zero-order chi connectivity index (χ0) is 13.5. The molecule has 3 N–H and O–H groups in total. The fourth-order valence-corrected chi connectivity index (χ4v) is 2.02. The molecule has 0 radical (unpaired) electrons. The van der Waals surface area contributed by atoms with Crippen molar-refractivity contribution in [3.8, 4) is 11.1 Å². The standard InChI is InChI=1S/C17H22N2/c1-14-3-7-16(8-4-14)17-9-5-15(6-10-17)13-19-12-2-11-18/h3-10,19H,2,11-13,18H2,1H3. The molecule has 0 bridgehead atoms. The summed E-state index contributed by atoms with van der Waals surface area (Å²) in [4.78, 5) is 0. The molecule has 0 aromatic heterocycles. The number of nitrogens with one attached hydrogen (secondary N) is 1. The van der Waals surface area contributed by atoms with Crippen LogP contribution in [-0.2, 0) is 6.54 Å². The lowest BCUT2D eigenvalue weighted by molar-refractivity contribution is 0.655. The largest absolute Gasteiger partial charge is 0.330 e. The van der Waals surface area contributed by atoms with Crippen LogP contribution in [0.5, 0.6) is 0 Å². The van der Waals surface area contributed by atoms with Crippen molar-refractivity contribution in [2.24, 2.45) is 5.73 Å². The van der Waals surface area contributed by atoms with E-state index in [-0.39, 0.29) is 0 Å². The highest BCUT2D eigenvalue weighted by Crippen LogP contribution is 2.20. The van der Waals surface area contributed by atoms with Gasteiger partial charge in [-0.2, -0.15) is 0 Å². The fraction of sp³-hybridized carbons (Fsp3) is 0.294. The predicted octanol–water partition coefficient (Wildman–Crippen LogP) is 3.10. The van der Waals surface area contributed by atoms with Crippen LogP contribution in [-0.4, -0.2) is 13.1 Å². The molecule has 0 heterocycles. The van der Waals surface area contributed by atoms with Gasteiger partial charge in [0.25, 0.3) is 0 Å². The van der Waals surface area contributed by atoms with Gasteiger partial charge >= 0.3 is 0 Å². The number of aryl methyl sites for hydroxylation is 1. The third-order valence-corrected chi connectivity index (χ3v) is 3.23. The predicted molar refractivity (Wildman–Crippen MR) is 82.0 cm³/mol. The van der Waals surface area contributed by atoms with Gasteiger partial charge in [-0.25, -0.2) is 0 Å². The van der Waals surface area contributed by atoms with Gasteiger partial charge in [-0.1, -0.05) is 54.1 Å². The molecule has 2 aromatic carbocycles. The molecule has 0 saturated carbocycles. The fourth-order valence-electron chi connectivity index (χ4n) is 2.02. The number of nitrogens with two attached hydrogens (primary N) is 1. The van der Waals surface area contributed by atoms with E-state index in [1.165, 1.54) is 22.3 Å². The van der Waals surface area contributed by atoms with E-state index in [4.69, 9.17) is 5.73 Å². The van der Waals surface area contributed by atoms with E-state index < -0.39 is 0 Å². The smallest absolute Gasteiger partial charge is 0.0205 e. The highest BCUT2D eigenvalue weighted by molar-refractivity contribution is 5.63. The van der Waals surface area contributed by atoms with Crippen LogP contribution in [0.1, 0.15) is 17.5 Å². The summed E-state index contributed by atoms with van der Waals surface area (Å²) in [5.41, 5.74) is 10.6. The number of hydrogen-bond donors (Lipinski definition) is 2. The molecule has 0 spiro atoms. The summed E-state index contributed by atoms with van der Waals surface area (Å²) in [6.07, 6.45) is 1.03. The molecule has 0 amide bonds. The molecule has 0 aliphatic rings. The van der Waals surface area contributed by atoms with Gasteiger partial charge < -0.3 is 11.1 Å².